The average molecular weight is 289 g/mol. The lowest BCUT2D eigenvalue weighted by Gasteiger charge is -2.17. The highest BCUT2D eigenvalue weighted by Gasteiger charge is 2.10. The molecule has 0 saturated carbocycles. The van der Waals surface area contributed by atoms with Gasteiger partial charge in [0.1, 0.15) is 12.4 Å². The zero-order valence-electron chi connectivity index (χ0n) is 11.8. The van der Waals surface area contributed by atoms with Crippen LogP contribution in [0.3, 0.4) is 0 Å². The lowest BCUT2D eigenvalue weighted by molar-refractivity contribution is -0.129. The number of benzene rings is 1. The maximum absolute atomic E-state index is 12.0. The second-order valence-electron chi connectivity index (χ2n) is 4.69. The maximum Gasteiger partial charge on any atom is 0.227 e. The highest BCUT2D eigenvalue weighted by Crippen LogP contribution is 2.16. The van der Waals surface area contributed by atoms with E-state index in [1.54, 1.807) is 16.2 Å². The second-order valence-corrected chi connectivity index (χ2v) is 5.72. The molecule has 0 spiro atoms. The van der Waals surface area contributed by atoms with Gasteiger partial charge in [-0.2, -0.15) is 0 Å². The van der Waals surface area contributed by atoms with Gasteiger partial charge in [0.05, 0.1) is 13.0 Å². The summed E-state index contributed by atoms with van der Waals surface area (Å²) in [5.74, 6) is 1.01. The van der Waals surface area contributed by atoms with Gasteiger partial charge in [-0.15, -0.1) is 11.3 Å². The quantitative estimate of drug-likeness (QED) is 0.817. The summed E-state index contributed by atoms with van der Waals surface area (Å²) in [7, 11) is 1.82. The van der Waals surface area contributed by atoms with Crippen LogP contribution in [0.1, 0.15) is 10.4 Å². The van der Waals surface area contributed by atoms with E-state index in [9.17, 15) is 4.79 Å². The minimum Gasteiger partial charge on any atom is -0.491 e. The van der Waals surface area contributed by atoms with Crippen molar-refractivity contribution < 1.29 is 9.53 Å². The average Bonchev–Trinajstić information content (AvgIpc) is 2.93. The van der Waals surface area contributed by atoms with Gasteiger partial charge in [-0.25, -0.2) is 0 Å². The number of carbonyl (C=O) groups excluding carboxylic acids is 1. The lowest BCUT2D eigenvalue weighted by Crippen LogP contribution is -2.31. The molecule has 1 amide bonds. The van der Waals surface area contributed by atoms with Crippen LogP contribution in [0.4, 0.5) is 0 Å². The third kappa shape index (κ3) is 4.10. The van der Waals surface area contributed by atoms with Gasteiger partial charge in [0.2, 0.25) is 5.91 Å². The molecule has 0 radical (unpaired) electrons. The first-order valence-electron chi connectivity index (χ1n) is 6.61. The van der Waals surface area contributed by atoms with Crippen molar-refractivity contribution in [2.45, 2.75) is 13.3 Å². The van der Waals surface area contributed by atoms with Crippen LogP contribution in [0.15, 0.2) is 41.8 Å². The van der Waals surface area contributed by atoms with Crippen molar-refractivity contribution in [3.63, 3.8) is 0 Å². The SMILES string of the molecule is Cc1ccccc1OCCN(C)C(=O)Cc1cccs1. The van der Waals surface area contributed by atoms with E-state index in [2.05, 4.69) is 0 Å². The number of amides is 1. The first kappa shape index (κ1) is 14.6. The zero-order chi connectivity index (χ0) is 14.4. The third-order valence-electron chi connectivity index (χ3n) is 3.11. The maximum atomic E-state index is 12.0. The van der Waals surface area contributed by atoms with Crippen LogP contribution >= 0.6 is 11.3 Å². The third-order valence-corrected chi connectivity index (χ3v) is 3.99. The van der Waals surface area contributed by atoms with E-state index >= 15 is 0 Å². The van der Waals surface area contributed by atoms with Crippen LogP contribution < -0.4 is 4.74 Å². The number of carbonyl (C=O) groups is 1. The topological polar surface area (TPSA) is 29.5 Å². The number of hydrogen-bond donors (Lipinski definition) is 0. The summed E-state index contributed by atoms with van der Waals surface area (Å²) in [5, 5.41) is 1.99. The van der Waals surface area contributed by atoms with Crippen LogP contribution in [0.2, 0.25) is 0 Å². The minimum atomic E-state index is 0.126. The molecule has 1 heterocycles. The number of nitrogens with zero attached hydrogens (tertiary/aromatic N) is 1. The van der Waals surface area contributed by atoms with Gasteiger partial charge in [0.25, 0.3) is 0 Å². The molecule has 0 atom stereocenters. The van der Waals surface area contributed by atoms with Gasteiger partial charge in [-0.1, -0.05) is 24.3 Å². The predicted molar refractivity (Wildman–Crippen MR) is 82.3 cm³/mol. The number of likely N-dealkylation sites (N-methyl/N-ethyl adjacent to an activating group) is 1. The molecule has 1 aromatic carbocycles. The van der Waals surface area contributed by atoms with Gasteiger partial charge in [-0.05, 0) is 30.0 Å². The Hall–Kier alpha value is -1.81. The van der Waals surface area contributed by atoms with Crippen LogP contribution in [0, 0.1) is 6.92 Å². The van der Waals surface area contributed by atoms with Crippen LogP contribution in [-0.2, 0) is 11.2 Å². The highest BCUT2D eigenvalue weighted by atomic mass is 32.1. The summed E-state index contributed by atoms with van der Waals surface area (Å²) in [4.78, 5) is 14.8. The standard InChI is InChI=1S/C16H19NO2S/c1-13-6-3-4-8-15(13)19-10-9-17(2)16(18)12-14-7-5-11-20-14/h3-8,11H,9-10,12H2,1-2H3. The van der Waals surface area contributed by atoms with Crippen molar-refractivity contribution in [2.24, 2.45) is 0 Å². The zero-order valence-corrected chi connectivity index (χ0v) is 12.7. The fourth-order valence-corrected chi connectivity index (χ4v) is 2.53. The Morgan fingerprint density at radius 1 is 1.25 bits per heavy atom. The Morgan fingerprint density at radius 3 is 2.75 bits per heavy atom. The molecule has 0 N–H and O–H groups in total. The minimum absolute atomic E-state index is 0.126. The number of aryl methyl sites for hydroxylation is 1. The summed E-state index contributed by atoms with van der Waals surface area (Å²) in [6, 6.07) is 11.9. The van der Waals surface area contributed by atoms with Crippen molar-refractivity contribution in [1.29, 1.82) is 0 Å². The molecule has 0 bridgehead atoms. The highest BCUT2D eigenvalue weighted by molar-refractivity contribution is 7.10. The van der Waals surface area contributed by atoms with Crippen molar-refractivity contribution >= 4 is 17.2 Å². The molecule has 3 nitrogen and oxygen atoms in total. The molecule has 0 saturated heterocycles. The summed E-state index contributed by atoms with van der Waals surface area (Å²) >= 11 is 1.61. The van der Waals surface area contributed by atoms with E-state index in [-0.39, 0.29) is 5.91 Å². The Balaban J connectivity index is 1.76. The second kappa shape index (κ2) is 7.10. The number of para-hydroxylation sites is 1. The number of rotatable bonds is 6. The summed E-state index contributed by atoms with van der Waals surface area (Å²) < 4.78 is 5.70. The Labute approximate surface area is 123 Å². The van der Waals surface area contributed by atoms with Crippen molar-refractivity contribution in [1.82, 2.24) is 4.90 Å². The van der Waals surface area contributed by atoms with Gasteiger partial charge in [0.15, 0.2) is 0 Å². The van der Waals surface area contributed by atoms with E-state index in [0.717, 1.165) is 16.2 Å². The first-order valence-corrected chi connectivity index (χ1v) is 7.49. The molecule has 0 aliphatic heterocycles. The number of hydrogen-bond acceptors (Lipinski definition) is 3. The van der Waals surface area contributed by atoms with E-state index in [1.807, 2.05) is 55.7 Å². The van der Waals surface area contributed by atoms with E-state index < -0.39 is 0 Å². The molecular weight excluding hydrogens is 270 g/mol. The fraction of sp³-hybridized carbons (Fsp3) is 0.312. The molecule has 0 unspecified atom stereocenters. The molecular formula is C16H19NO2S. The molecule has 1 aromatic heterocycles. The molecule has 2 rings (SSSR count). The first-order chi connectivity index (χ1) is 9.66. The summed E-state index contributed by atoms with van der Waals surface area (Å²) in [5.41, 5.74) is 1.11. The normalized spacial score (nSPS) is 10.3. The monoisotopic (exact) mass is 289 g/mol. The van der Waals surface area contributed by atoms with Crippen LogP contribution in [0.25, 0.3) is 0 Å². The predicted octanol–water partition coefficient (Wildman–Crippen LogP) is 3.14. The van der Waals surface area contributed by atoms with Gasteiger partial charge < -0.3 is 9.64 Å². The summed E-state index contributed by atoms with van der Waals surface area (Å²) in [6.07, 6.45) is 0.471. The van der Waals surface area contributed by atoms with Crippen LogP contribution in [0.5, 0.6) is 5.75 Å². The van der Waals surface area contributed by atoms with Gasteiger partial charge in [0, 0.05) is 11.9 Å². The van der Waals surface area contributed by atoms with Gasteiger partial charge in [-0.3, -0.25) is 4.79 Å². The number of ether oxygens (including phenoxy) is 1. The smallest absolute Gasteiger partial charge is 0.227 e. The summed E-state index contributed by atoms with van der Waals surface area (Å²) in [6.45, 7) is 3.12. The van der Waals surface area contributed by atoms with E-state index in [4.69, 9.17) is 4.74 Å². The molecule has 20 heavy (non-hydrogen) atoms. The molecule has 0 aliphatic rings. The largest absolute Gasteiger partial charge is 0.491 e. The Bertz CT molecular complexity index is 551. The molecule has 4 heteroatoms. The van der Waals surface area contributed by atoms with Crippen molar-refractivity contribution in [3.8, 4) is 5.75 Å². The molecule has 0 fully saturated rings. The molecule has 0 aliphatic carbocycles. The van der Waals surface area contributed by atoms with E-state index in [0.29, 0.717) is 19.6 Å². The Morgan fingerprint density at radius 2 is 2.05 bits per heavy atom. The number of thiophene rings is 1. The molecule has 106 valence electrons. The molecule has 2 aromatic rings. The van der Waals surface area contributed by atoms with Gasteiger partial charge >= 0.3 is 0 Å². The van der Waals surface area contributed by atoms with Crippen LogP contribution in [-0.4, -0.2) is 31.0 Å². The van der Waals surface area contributed by atoms with Crippen molar-refractivity contribution in [3.05, 3.63) is 52.2 Å². The lowest BCUT2D eigenvalue weighted by atomic mass is 10.2. The van der Waals surface area contributed by atoms with Crippen molar-refractivity contribution in [2.75, 3.05) is 20.2 Å². The Kier molecular flexibility index (Phi) is 5.18. The van der Waals surface area contributed by atoms with E-state index in [1.165, 1.54) is 0 Å². The fourth-order valence-electron chi connectivity index (χ4n) is 1.83.